The van der Waals surface area contributed by atoms with Gasteiger partial charge in [-0.15, -0.1) is 0 Å². The van der Waals surface area contributed by atoms with Gasteiger partial charge in [-0.25, -0.2) is 0 Å². The molecule has 3 N–H and O–H groups in total. The number of hydrogen-bond donors (Lipinski definition) is 2. The van der Waals surface area contributed by atoms with Crippen molar-refractivity contribution in [1.29, 1.82) is 0 Å². The molecule has 1 aliphatic carbocycles. The minimum Gasteiger partial charge on any atom is -0.353 e. The number of amides is 1. The van der Waals surface area contributed by atoms with Gasteiger partial charge in [0.15, 0.2) is 0 Å². The van der Waals surface area contributed by atoms with E-state index in [1.54, 1.807) is 0 Å². The molecule has 0 aromatic carbocycles. The van der Waals surface area contributed by atoms with Gasteiger partial charge in [0.25, 0.3) is 0 Å². The summed E-state index contributed by atoms with van der Waals surface area (Å²) in [4.78, 5) is 11.8. The van der Waals surface area contributed by atoms with Crippen molar-refractivity contribution in [3.63, 3.8) is 0 Å². The van der Waals surface area contributed by atoms with E-state index in [4.69, 9.17) is 5.73 Å². The van der Waals surface area contributed by atoms with E-state index in [2.05, 4.69) is 12.2 Å². The summed E-state index contributed by atoms with van der Waals surface area (Å²) < 4.78 is 0. The summed E-state index contributed by atoms with van der Waals surface area (Å²) in [6, 6.07) is 0.420. The minimum absolute atomic E-state index is 0.114. The van der Waals surface area contributed by atoms with Gasteiger partial charge >= 0.3 is 0 Å². The van der Waals surface area contributed by atoms with E-state index in [0.29, 0.717) is 12.6 Å². The van der Waals surface area contributed by atoms with Gasteiger partial charge in [0, 0.05) is 12.0 Å². The van der Waals surface area contributed by atoms with Gasteiger partial charge in [0.2, 0.25) is 5.91 Å². The van der Waals surface area contributed by atoms with Crippen LogP contribution in [0.15, 0.2) is 0 Å². The first-order valence-corrected chi connectivity index (χ1v) is 6.64. The molecule has 0 spiro atoms. The Kier molecular flexibility index (Phi) is 5.81. The molecule has 1 rings (SSSR count). The standard InChI is InChI=1S/C13H26N2O/c1-10-5-7-12(8-6-10)15-13(16)11(2)4-3-9-14/h10-12H,3-9,14H2,1-2H3,(H,15,16). The minimum atomic E-state index is 0.114. The van der Waals surface area contributed by atoms with E-state index < -0.39 is 0 Å². The summed E-state index contributed by atoms with van der Waals surface area (Å²) in [5, 5.41) is 3.17. The Balaban J connectivity index is 2.22. The Morgan fingerprint density at radius 1 is 1.38 bits per heavy atom. The Bertz CT molecular complexity index is 210. The molecule has 0 aliphatic heterocycles. The van der Waals surface area contributed by atoms with E-state index in [1.807, 2.05) is 6.92 Å². The van der Waals surface area contributed by atoms with Crippen LogP contribution in [-0.2, 0) is 4.79 Å². The Labute approximate surface area is 99.2 Å². The zero-order chi connectivity index (χ0) is 12.0. The number of carbonyl (C=O) groups excluding carboxylic acids is 1. The highest BCUT2D eigenvalue weighted by molar-refractivity contribution is 5.78. The Morgan fingerprint density at radius 3 is 2.56 bits per heavy atom. The van der Waals surface area contributed by atoms with Crippen LogP contribution < -0.4 is 11.1 Å². The molecule has 0 bridgehead atoms. The SMILES string of the molecule is CC1CCC(NC(=O)C(C)CCCN)CC1. The van der Waals surface area contributed by atoms with Crippen molar-refractivity contribution in [2.24, 2.45) is 17.6 Å². The van der Waals surface area contributed by atoms with E-state index in [0.717, 1.165) is 31.6 Å². The average molecular weight is 226 g/mol. The van der Waals surface area contributed by atoms with Crippen LogP contribution in [0, 0.1) is 11.8 Å². The van der Waals surface area contributed by atoms with Gasteiger partial charge in [-0.2, -0.15) is 0 Å². The normalized spacial score (nSPS) is 27.4. The van der Waals surface area contributed by atoms with Crippen LogP contribution in [0.2, 0.25) is 0 Å². The Morgan fingerprint density at radius 2 is 2.00 bits per heavy atom. The first-order chi connectivity index (χ1) is 7.63. The summed E-state index contributed by atoms with van der Waals surface area (Å²) >= 11 is 0. The monoisotopic (exact) mass is 226 g/mol. The molecule has 1 aliphatic rings. The fraction of sp³-hybridized carbons (Fsp3) is 0.923. The molecule has 0 aromatic rings. The third-order valence-corrected chi connectivity index (χ3v) is 3.65. The average Bonchev–Trinajstić information content (AvgIpc) is 2.29. The molecule has 0 saturated heterocycles. The van der Waals surface area contributed by atoms with Crippen LogP contribution in [0.3, 0.4) is 0 Å². The smallest absolute Gasteiger partial charge is 0.223 e. The fourth-order valence-corrected chi connectivity index (χ4v) is 2.30. The van der Waals surface area contributed by atoms with Crippen LogP contribution >= 0.6 is 0 Å². The number of nitrogens with one attached hydrogen (secondary N) is 1. The second kappa shape index (κ2) is 6.89. The second-order valence-corrected chi connectivity index (χ2v) is 5.30. The molecule has 0 radical (unpaired) electrons. The highest BCUT2D eigenvalue weighted by atomic mass is 16.1. The van der Waals surface area contributed by atoms with Crippen molar-refractivity contribution in [3.05, 3.63) is 0 Å². The van der Waals surface area contributed by atoms with E-state index in [9.17, 15) is 4.79 Å². The third-order valence-electron chi connectivity index (χ3n) is 3.65. The lowest BCUT2D eigenvalue weighted by Crippen LogP contribution is -2.40. The van der Waals surface area contributed by atoms with Gasteiger partial charge in [-0.3, -0.25) is 4.79 Å². The van der Waals surface area contributed by atoms with Gasteiger partial charge in [0.05, 0.1) is 0 Å². The van der Waals surface area contributed by atoms with Crippen molar-refractivity contribution in [1.82, 2.24) is 5.32 Å². The van der Waals surface area contributed by atoms with Crippen LogP contribution in [0.4, 0.5) is 0 Å². The molecular weight excluding hydrogens is 200 g/mol. The van der Waals surface area contributed by atoms with Crippen LogP contribution in [0.5, 0.6) is 0 Å². The number of carbonyl (C=O) groups is 1. The molecule has 16 heavy (non-hydrogen) atoms. The first-order valence-electron chi connectivity index (χ1n) is 6.64. The highest BCUT2D eigenvalue weighted by Gasteiger charge is 2.21. The lowest BCUT2D eigenvalue weighted by atomic mass is 9.87. The summed E-state index contributed by atoms with van der Waals surface area (Å²) in [6.45, 7) is 4.97. The maximum atomic E-state index is 11.8. The van der Waals surface area contributed by atoms with Crippen molar-refractivity contribution < 1.29 is 4.79 Å². The molecule has 1 amide bonds. The van der Waals surface area contributed by atoms with Crippen molar-refractivity contribution in [3.8, 4) is 0 Å². The molecule has 0 heterocycles. The summed E-state index contributed by atoms with van der Waals surface area (Å²) in [5.41, 5.74) is 5.44. The maximum Gasteiger partial charge on any atom is 0.223 e. The summed E-state index contributed by atoms with van der Waals surface area (Å²) in [7, 11) is 0. The van der Waals surface area contributed by atoms with Crippen LogP contribution in [0.25, 0.3) is 0 Å². The van der Waals surface area contributed by atoms with Crippen molar-refractivity contribution in [2.45, 2.75) is 58.4 Å². The van der Waals surface area contributed by atoms with E-state index in [-0.39, 0.29) is 11.8 Å². The van der Waals surface area contributed by atoms with Gasteiger partial charge in [-0.1, -0.05) is 13.8 Å². The van der Waals surface area contributed by atoms with Gasteiger partial charge in [0.1, 0.15) is 0 Å². The molecular formula is C13H26N2O. The first kappa shape index (κ1) is 13.5. The molecule has 1 atom stereocenters. The molecule has 0 aromatic heterocycles. The number of rotatable bonds is 5. The van der Waals surface area contributed by atoms with Crippen LogP contribution in [-0.4, -0.2) is 18.5 Å². The summed E-state index contributed by atoms with van der Waals surface area (Å²) in [6.07, 6.45) is 6.65. The Hall–Kier alpha value is -0.570. The topological polar surface area (TPSA) is 55.1 Å². The quantitative estimate of drug-likeness (QED) is 0.754. The van der Waals surface area contributed by atoms with Gasteiger partial charge < -0.3 is 11.1 Å². The zero-order valence-corrected chi connectivity index (χ0v) is 10.7. The van der Waals surface area contributed by atoms with E-state index >= 15 is 0 Å². The van der Waals surface area contributed by atoms with Gasteiger partial charge in [-0.05, 0) is 51.0 Å². The number of hydrogen-bond acceptors (Lipinski definition) is 2. The summed E-state index contributed by atoms with van der Waals surface area (Å²) in [5.74, 6) is 1.17. The lowest BCUT2D eigenvalue weighted by molar-refractivity contribution is -0.125. The van der Waals surface area contributed by atoms with Crippen molar-refractivity contribution in [2.75, 3.05) is 6.54 Å². The molecule has 94 valence electrons. The molecule has 3 nitrogen and oxygen atoms in total. The number of nitrogens with two attached hydrogens (primary N) is 1. The van der Waals surface area contributed by atoms with Crippen LogP contribution in [0.1, 0.15) is 52.4 Å². The molecule has 1 fully saturated rings. The predicted molar refractivity (Wildman–Crippen MR) is 67.0 cm³/mol. The lowest BCUT2D eigenvalue weighted by Gasteiger charge is -2.28. The molecule has 1 saturated carbocycles. The fourth-order valence-electron chi connectivity index (χ4n) is 2.30. The molecule has 3 heteroatoms. The van der Waals surface area contributed by atoms with Crippen molar-refractivity contribution >= 4 is 5.91 Å². The second-order valence-electron chi connectivity index (χ2n) is 5.30. The maximum absolute atomic E-state index is 11.8. The largest absolute Gasteiger partial charge is 0.353 e. The molecule has 1 unspecified atom stereocenters. The zero-order valence-electron chi connectivity index (χ0n) is 10.7. The highest BCUT2D eigenvalue weighted by Crippen LogP contribution is 2.23. The third kappa shape index (κ3) is 4.52. The predicted octanol–water partition coefficient (Wildman–Crippen LogP) is 2.06. The van der Waals surface area contributed by atoms with E-state index in [1.165, 1.54) is 12.8 Å².